The highest BCUT2D eigenvalue weighted by Gasteiger charge is 2.12. The Labute approximate surface area is 118 Å². The number of rotatable bonds is 7. The van der Waals surface area contributed by atoms with Gasteiger partial charge in [0.1, 0.15) is 5.76 Å². The van der Waals surface area contributed by atoms with Crippen LogP contribution in [0.1, 0.15) is 17.7 Å². The van der Waals surface area contributed by atoms with E-state index in [9.17, 15) is 9.90 Å². The molecule has 0 aliphatic carbocycles. The number of carbonyl (C=O) groups excluding carboxylic acids is 1. The Bertz CT molecular complexity index is 508. The third-order valence-corrected chi connectivity index (χ3v) is 3.09. The molecule has 2 aromatic rings. The highest BCUT2D eigenvalue weighted by atomic mass is 16.3. The number of hydrogen-bond donors (Lipinski definition) is 2. The number of benzene rings is 1. The summed E-state index contributed by atoms with van der Waals surface area (Å²) in [6.07, 6.45) is 3.16. The SMILES string of the molecule is O=C(CCc1ccco1)N[C@@H](CO)Cc1ccccc1. The molecule has 0 fully saturated rings. The second-order valence-electron chi connectivity index (χ2n) is 4.72. The summed E-state index contributed by atoms with van der Waals surface area (Å²) in [6.45, 7) is -0.0681. The van der Waals surface area contributed by atoms with Crippen molar-refractivity contribution in [3.63, 3.8) is 0 Å². The van der Waals surface area contributed by atoms with Gasteiger partial charge in [-0.2, -0.15) is 0 Å². The lowest BCUT2D eigenvalue weighted by atomic mass is 10.1. The first-order chi connectivity index (χ1) is 9.78. The molecule has 0 spiro atoms. The molecule has 0 radical (unpaired) electrons. The minimum absolute atomic E-state index is 0.0681. The van der Waals surface area contributed by atoms with Crippen molar-refractivity contribution in [2.24, 2.45) is 0 Å². The molecular formula is C16H19NO3. The molecule has 0 unspecified atom stereocenters. The predicted molar refractivity (Wildman–Crippen MR) is 76.2 cm³/mol. The highest BCUT2D eigenvalue weighted by molar-refractivity contribution is 5.76. The molecule has 0 saturated carbocycles. The molecule has 2 N–H and O–H groups in total. The van der Waals surface area contributed by atoms with Crippen LogP contribution in [-0.2, 0) is 17.6 Å². The second-order valence-corrected chi connectivity index (χ2v) is 4.72. The van der Waals surface area contributed by atoms with Gasteiger partial charge in [-0.05, 0) is 24.1 Å². The second kappa shape index (κ2) is 7.50. The summed E-state index contributed by atoms with van der Waals surface area (Å²) in [7, 11) is 0. The zero-order valence-electron chi connectivity index (χ0n) is 11.3. The average molecular weight is 273 g/mol. The first-order valence-electron chi connectivity index (χ1n) is 6.74. The summed E-state index contributed by atoms with van der Waals surface area (Å²) in [5, 5.41) is 12.2. The number of amides is 1. The minimum Gasteiger partial charge on any atom is -0.469 e. The molecule has 20 heavy (non-hydrogen) atoms. The van der Waals surface area contributed by atoms with Gasteiger partial charge < -0.3 is 14.8 Å². The van der Waals surface area contributed by atoms with Gasteiger partial charge in [0.2, 0.25) is 5.91 Å². The van der Waals surface area contributed by atoms with Crippen LogP contribution in [0.2, 0.25) is 0 Å². The van der Waals surface area contributed by atoms with Crippen molar-refractivity contribution in [3.05, 3.63) is 60.1 Å². The highest BCUT2D eigenvalue weighted by Crippen LogP contribution is 2.05. The monoisotopic (exact) mass is 273 g/mol. The van der Waals surface area contributed by atoms with Crippen LogP contribution >= 0.6 is 0 Å². The summed E-state index contributed by atoms with van der Waals surface area (Å²) < 4.78 is 5.18. The van der Waals surface area contributed by atoms with Crippen LogP contribution in [0.3, 0.4) is 0 Å². The Balaban J connectivity index is 1.79. The van der Waals surface area contributed by atoms with E-state index >= 15 is 0 Å². The molecule has 1 aromatic heterocycles. The number of aliphatic hydroxyl groups is 1. The van der Waals surface area contributed by atoms with E-state index in [4.69, 9.17) is 4.42 Å². The Morgan fingerprint density at radius 2 is 2.00 bits per heavy atom. The van der Waals surface area contributed by atoms with Gasteiger partial charge in [0.25, 0.3) is 0 Å². The van der Waals surface area contributed by atoms with Gasteiger partial charge in [0.05, 0.1) is 18.9 Å². The van der Waals surface area contributed by atoms with Crippen molar-refractivity contribution in [2.45, 2.75) is 25.3 Å². The van der Waals surface area contributed by atoms with Crippen molar-refractivity contribution < 1.29 is 14.3 Å². The number of aliphatic hydroxyl groups excluding tert-OH is 1. The van der Waals surface area contributed by atoms with Gasteiger partial charge in [-0.3, -0.25) is 4.79 Å². The fourth-order valence-electron chi connectivity index (χ4n) is 2.05. The number of aryl methyl sites for hydroxylation is 1. The first-order valence-corrected chi connectivity index (χ1v) is 6.74. The summed E-state index contributed by atoms with van der Waals surface area (Å²) in [5.74, 6) is 0.722. The molecule has 1 atom stereocenters. The zero-order chi connectivity index (χ0) is 14.2. The molecule has 0 aliphatic heterocycles. The van der Waals surface area contributed by atoms with E-state index in [1.54, 1.807) is 12.3 Å². The molecule has 1 amide bonds. The Hall–Kier alpha value is -2.07. The van der Waals surface area contributed by atoms with Crippen LogP contribution in [-0.4, -0.2) is 23.7 Å². The van der Waals surface area contributed by atoms with Crippen LogP contribution in [0, 0.1) is 0 Å². The molecule has 0 saturated heterocycles. The van der Waals surface area contributed by atoms with Gasteiger partial charge in [0.15, 0.2) is 0 Å². The maximum absolute atomic E-state index is 11.8. The van der Waals surface area contributed by atoms with Crippen LogP contribution in [0.5, 0.6) is 0 Å². The van der Waals surface area contributed by atoms with Crippen LogP contribution in [0.15, 0.2) is 53.1 Å². The van der Waals surface area contributed by atoms with Gasteiger partial charge in [-0.25, -0.2) is 0 Å². The maximum Gasteiger partial charge on any atom is 0.220 e. The number of hydrogen-bond acceptors (Lipinski definition) is 3. The van der Waals surface area contributed by atoms with E-state index in [1.165, 1.54) is 0 Å². The quantitative estimate of drug-likeness (QED) is 0.810. The van der Waals surface area contributed by atoms with E-state index in [0.29, 0.717) is 19.3 Å². The summed E-state index contributed by atoms with van der Waals surface area (Å²) >= 11 is 0. The molecule has 106 valence electrons. The third-order valence-electron chi connectivity index (χ3n) is 3.09. The lowest BCUT2D eigenvalue weighted by Crippen LogP contribution is -2.39. The normalized spacial score (nSPS) is 12.1. The minimum atomic E-state index is -0.249. The van der Waals surface area contributed by atoms with Gasteiger partial charge in [-0.1, -0.05) is 30.3 Å². The molecule has 0 bridgehead atoms. The van der Waals surface area contributed by atoms with Crippen molar-refractivity contribution in [1.82, 2.24) is 5.32 Å². The molecule has 1 heterocycles. The van der Waals surface area contributed by atoms with Crippen molar-refractivity contribution >= 4 is 5.91 Å². The molecular weight excluding hydrogens is 254 g/mol. The summed E-state index contributed by atoms with van der Waals surface area (Å²) in [6, 6.07) is 13.2. The lowest BCUT2D eigenvalue weighted by Gasteiger charge is -2.16. The number of nitrogens with one attached hydrogen (secondary N) is 1. The molecule has 2 rings (SSSR count). The molecule has 4 nitrogen and oxygen atoms in total. The fourth-order valence-corrected chi connectivity index (χ4v) is 2.05. The van der Waals surface area contributed by atoms with Gasteiger partial charge >= 0.3 is 0 Å². The average Bonchev–Trinajstić information content (AvgIpc) is 2.99. The first kappa shape index (κ1) is 14.3. The summed E-state index contributed by atoms with van der Waals surface area (Å²) in [4.78, 5) is 11.8. The number of carbonyl (C=O) groups is 1. The Morgan fingerprint density at radius 1 is 1.20 bits per heavy atom. The van der Waals surface area contributed by atoms with Crippen molar-refractivity contribution in [2.75, 3.05) is 6.61 Å². The Kier molecular flexibility index (Phi) is 5.38. The van der Waals surface area contributed by atoms with Crippen LogP contribution in [0.4, 0.5) is 0 Å². The van der Waals surface area contributed by atoms with Crippen molar-refractivity contribution in [1.29, 1.82) is 0 Å². The largest absolute Gasteiger partial charge is 0.469 e. The van der Waals surface area contributed by atoms with E-state index in [1.807, 2.05) is 36.4 Å². The van der Waals surface area contributed by atoms with E-state index in [2.05, 4.69) is 5.32 Å². The molecule has 1 aromatic carbocycles. The van der Waals surface area contributed by atoms with Crippen LogP contribution < -0.4 is 5.32 Å². The lowest BCUT2D eigenvalue weighted by molar-refractivity contribution is -0.122. The standard InChI is InChI=1S/C16H19NO3/c18-12-14(11-13-5-2-1-3-6-13)17-16(19)9-8-15-7-4-10-20-15/h1-7,10,14,18H,8-9,11-12H2,(H,17,19)/t14-/m1/s1. The molecule has 4 heteroatoms. The maximum atomic E-state index is 11.8. The predicted octanol–water partition coefficient (Wildman–Crippen LogP) is 1.93. The Morgan fingerprint density at radius 3 is 2.65 bits per heavy atom. The third kappa shape index (κ3) is 4.55. The zero-order valence-corrected chi connectivity index (χ0v) is 11.3. The van der Waals surface area contributed by atoms with E-state index in [-0.39, 0.29) is 18.6 Å². The molecule has 0 aliphatic rings. The topological polar surface area (TPSA) is 62.5 Å². The smallest absolute Gasteiger partial charge is 0.220 e. The van der Waals surface area contributed by atoms with E-state index < -0.39 is 0 Å². The van der Waals surface area contributed by atoms with Gasteiger partial charge in [0, 0.05) is 12.8 Å². The summed E-state index contributed by atoms with van der Waals surface area (Å²) in [5.41, 5.74) is 1.10. The van der Waals surface area contributed by atoms with E-state index in [0.717, 1.165) is 11.3 Å². The van der Waals surface area contributed by atoms with Gasteiger partial charge in [-0.15, -0.1) is 0 Å². The fraction of sp³-hybridized carbons (Fsp3) is 0.312. The number of furan rings is 1. The van der Waals surface area contributed by atoms with Crippen LogP contribution in [0.25, 0.3) is 0 Å². The van der Waals surface area contributed by atoms with Crippen molar-refractivity contribution in [3.8, 4) is 0 Å².